The summed E-state index contributed by atoms with van der Waals surface area (Å²) in [7, 11) is 0. The Kier molecular flexibility index (Phi) is 47.1. The van der Waals surface area contributed by atoms with Gasteiger partial charge in [-0.3, -0.25) is 14.4 Å². The molecule has 0 saturated heterocycles. The van der Waals surface area contributed by atoms with Crippen molar-refractivity contribution < 1.29 is 28.6 Å². The van der Waals surface area contributed by atoms with E-state index in [9.17, 15) is 14.4 Å². The van der Waals surface area contributed by atoms with E-state index in [4.69, 9.17) is 14.2 Å². The molecule has 0 spiro atoms. The molecule has 0 bridgehead atoms. The molecule has 0 radical (unpaired) electrons. The first kappa shape index (κ1) is 58.8. The van der Waals surface area contributed by atoms with Crippen molar-refractivity contribution in [3.05, 3.63) is 122 Å². The summed E-state index contributed by atoms with van der Waals surface area (Å²) in [4.78, 5) is 37.9. The number of allylic oxidation sites excluding steroid dienone is 20. The van der Waals surface area contributed by atoms with Crippen LogP contribution in [0.4, 0.5) is 0 Å². The summed E-state index contributed by atoms with van der Waals surface area (Å²) in [6.45, 7) is 6.30. The first-order valence-electron chi connectivity index (χ1n) is 25.1. The average molecular weight is 871 g/mol. The second-order valence-corrected chi connectivity index (χ2v) is 16.2. The van der Waals surface area contributed by atoms with E-state index in [1.807, 2.05) is 72.9 Å². The maximum Gasteiger partial charge on any atom is 0.306 e. The van der Waals surface area contributed by atoms with Gasteiger partial charge in [0.15, 0.2) is 6.10 Å². The number of hydrogen-bond donors (Lipinski definition) is 0. The van der Waals surface area contributed by atoms with Gasteiger partial charge < -0.3 is 14.2 Å². The minimum Gasteiger partial charge on any atom is -0.462 e. The van der Waals surface area contributed by atoms with Crippen LogP contribution in [0.15, 0.2) is 122 Å². The molecule has 6 heteroatoms. The fourth-order valence-electron chi connectivity index (χ4n) is 6.44. The fraction of sp³-hybridized carbons (Fsp3) is 0.596. The molecule has 0 N–H and O–H groups in total. The minimum atomic E-state index is -0.805. The molecule has 6 nitrogen and oxygen atoms in total. The van der Waals surface area contributed by atoms with Crippen LogP contribution in [0.1, 0.15) is 201 Å². The molecule has 0 aliphatic rings. The monoisotopic (exact) mass is 871 g/mol. The molecular weight excluding hydrogens is 781 g/mol. The summed E-state index contributed by atoms with van der Waals surface area (Å²) in [6.07, 6.45) is 68.9. The second-order valence-electron chi connectivity index (χ2n) is 16.2. The lowest BCUT2D eigenvalue weighted by Gasteiger charge is -2.18. The summed E-state index contributed by atoms with van der Waals surface area (Å²) in [6, 6.07) is 0. The molecule has 0 fully saturated rings. The van der Waals surface area contributed by atoms with Crippen molar-refractivity contribution >= 4 is 17.9 Å². The third-order valence-corrected chi connectivity index (χ3v) is 10.2. The topological polar surface area (TPSA) is 78.9 Å². The van der Waals surface area contributed by atoms with Gasteiger partial charge in [-0.2, -0.15) is 0 Å². The zero-order valence-electron chi connectivity index (χ0n) is 40.3. The van der Waals surface area contributed by atoms with E-state index in [1.165, 1.54) is 57.8 Å². The Morgan fingerprint density at radius 2 is 0.698 bits per heavy atom. The number of rotatable bonds is 43. The zero-order chi connectivity index (χ0) is 45.8. The summed E-state index contributed by atoms with van der Waals surface area (Å²) in [5, 5.41) is 0. The van der Waals surface area contributed by atoms with Gasteiger partial charge in [0.05, 0.1) is 0 Å². The number of hydrogen-bond acceptors (Lipinski definition) is 6. The van der Waals surface area contributed by atoms with Crippen LogP contribution < -0.4 is 0 Å². The largest absolute Gasteiger partial charge is 0.462 e. The van der Waals surface area contributed by atoms with Crippen LogP contribution >= 0.6 is 0 Å². The Bertz CT molecular complexity index is 1370. The van der Waals surface area contributed by atoms with Gasteiger partial charge in [-0.05, 0) is 70.6 Å². The summed E-state index contributed by atoms with van der Waals surface area (Å²) in [5.41, 5.74) is 0. The lowest BCUT2D eigenvalue weighted by atomic mass is 10.1. The molecule has 0 rings (SSSR count). The average Bonchev–Trinajstić information content (AvgIpc) is 3.28. The highest BCUT2D eigenvalue weighted by atomic mass is 16.6. The van der Waals surface area contributed by atoms with Crippen molar-refractivity contribution in [2.45, 2.75) is 207 Å². The highest BCUT2D eigenvalue weighted by Gasteiger charge is 2.19. The van der Waals surface area contributed by atoms with Crippen molar-refractivity contribution in [2.24, 2.45) is 0 Å². The molecule has 0 aliphatic heterocycles. The van der Waals surface area contributed by atoms with E-state index < -0.39 is 6.10 Å². The summed E-state index contributed by atoms with van der Waals surface area (Å²) < 4.78 is 16.7. The Balaban J connectivity index is 4.51. The second kappa shape index (κ2) is 50.5. The first-order chi connectivity index (χ1) is 31.0. The van der Waals surface area contributed by atoms with Gasteiger partial charge in [0.25, 0.3) is 0 Å². The van der Waals surface area contributed by atoms with Crippen LogP contribution in [0.25, 0.3) is 0 Å². The van der Waals surface area contributed by atoms with E-state index in [1.54, 1.807) is 0 Å². The van der Waals surface area contributed by atoms with Crippen LogP contribution in [0, 0.1) is 0 Å². The lowest BCUT2D eigenvalue weighted by molar-refractivity contribution is -0.167. The Hall–Kier alpha value is -4.19. The highest BCUT2D eigenvalue weighted by Crippen LogP contribution is 2.14. The van der Waals surface area contributed by atoms with E-state index in [0.29, 0.717) is 19.3 Å². The SMILES string of the molecule is CC\C=C/C=C\C=C/C=C\C=C\C=C/C=C\CCCCCC(=O)OCC(COC(=O)CCCCCCCCCCCC)OC(=O)CCCCCCCC/C=C\C/C=C\C/C=C\CC. The van der Waals surface area contributed by atoms with Crippen molar-refractivity contribution in [3.8, 4) is 0 Å². The number of ether oxygens (including phenoxy) is 3. The molecular formula is C57H90O6. The normalized spacial score (nSPS) is 13.1. The van der Waals surface area contributed by atoms with Crippen LogP contribution in [-0.2, 0) is 28.6 Å². The maximum atomic E-state index is 12.8. The molecule has 63 heavy (non-hydrogen) atoms. The first-order valence-corrected chi connectivity index (χ1v) is 25.1. The third-order valence-electron chi connectivity index (χ3n) is 10.2. The maximum absolute atomic E-state index is 12.8. The van der Waals surface area contributed by atoms with Crippen molar-refractivity contribution in [2.75, 3.05) is 13.2 Å². The Labute approximate surface area is 386 Å². The molecule has 1 unspecified atom stereocenters. The van der Waals surface area contributed by atoms with E-state index in [-0.39, 0.29) is 31.1 Å². The van der Waals surface area contributed by atoms with Crippen LogP contribution in [-0.4, -0.2) is 37.2 Å². The number of carbonyl (C=O) groups excluding carboxylic acids is 3. The predicted molar refractivity (Wildman–Crippen MR) is 269 cm³/mol. The van der Waals surface area contributed by atoms with Gasteiger partial charge in [-0.25, -0.2) is 0 Å². The van der Waals surface area contributed by atoms with Gasteiger partial charge >= 0.3 is 17.9 Å². The number of esters is 3. The van der Waals surface area contributed by atoms with Crippen LogP contribution in [0.3, 0.4) is 0 Å². The number of unbranched alkanes of at least 4 members (excludes halogenated alkanes) is 18. The minimum absolute atomic E-state index is 0.101. The van der Waals surface area contributed by atoms with Crippen molar-refractivity contribution in [1.82, 2.24) is 0 Å². The zero-order valence-corrected chi connectivity index (χ0v) is 40.3. The van der Waals surface area contributed by atoms with Gasteiger partial charge in [0.2, 0.25) is 0 Å². The molecule has 354 valence electrons. The molecule has 0 aromatic rings. The fourth-order valence-corrected chi connectivity index (χ4v) is 6.44. The van der Waals surface area contributed by atoms with E-state index >= 15 is 0 Å². The summed E-state index contributed by atoms with van der Waals surface area (Å²) in [5.74, 6) is -0.970. The van der Waals surface area contributed by atoms with Crippen molar-refractivity contribution in [3.63, 3.8) is 0 Å². The van der Waals surface area contributed by atoms with E-state index in [0.717, 1.165) is 103 Å². The smallest absolute Gasteiger partial charge is 0.306 e. The Morgan fingerprint density at radius 1 is 0.349 bits per heavy atom. The lowest BCUT2D eigenvalue weighted by Crippen LogP contribution is -2.30. The number of carbonyl (C=O) groups is 3. The van der Waals surface area contributed by atoms with Gasteiger partial charge in [0.1, 0.15) is 13.2 Å². The summed E-state index contributed by atoms with van der Waals surface area (Å²) >= 11 is 0. The molecule has 0 amide bonds. The van der Waals surface area contributed by atoms with Crippen LogP contribution in [0.5, 0.6) is 0 Å². The Morgan fingerprint density at radius 3 is 1.17 bits per heavy atom. The molecule has 0 heterocycles. The molecule has 1 atom stereocenters. The molecule has 0 aromatic heterocycles. The molecule has 0 aromatic carbocycles. The van der Waals surface area contributed by atoms with Crippen LogP contribution in [0.2, 0.25) is 0 Å². The van der Waals surface area contributed by atoms with E-state index in [2.05, 4.69) is 69.4 Å². The highest BCUT2D eigenvalue weighted by molar-refractivity contribution is 5.71. The van der Waals surface area contributed by atoms with Gasteiger partial charge in [0, 0.05) is 19.3 Å². The standard InChI is InChI=1S/C57H90O6/c1-4-7-10-13-16-19-22-24-26-28-29-30-32-33-35-38-41-44-47-50-56(59)62-53-54(52-61-55(58)49-46-43-40-37-21-18-15-12-9-6-3)63-57(60)51-48-45-42-39-36-34-31-27-25-23-20-17-14-11-8-5-2/h7-8,10-11,13,16-17,19-20,22,24-30,32-33,35,54H,4-6,9,12,14-15,18,21,23,31,34,36-53H2,1-3H3/b10-7-,11-8-,16-13-,20-17-,22-19-,26-24-,27-25-,29-28+,32-30-,35-33-. The van der Waals surface area contributed by atoms with Crippen molar-refractivity contribution in [1.29, 1.82) is 0 Å². The molecule has 0 saturated carbocycles. The molecule has 0 aliphatic carbocycles. The third kappa shape index (κ3) is 48.7. The quantitative estimate of drug-likeness (QED) is 0.0200. The van der Waals surface area contributed by atoms with Gasteiger partial charge in [-0.1, -0.05) is 232 Å². The van der Waals surface area contributed by atoms with Gasteiger partial charge in [-0.15, -0.1) is 0 Å². The predicted octanol–water partition coefficient (Wildman–Crippen LogP) is 16.5.